The summed E-state index contributed by atoms with van der Waals surface area (Å²) in [6.45, 7) is 3.48. The van der Waals surface area contributed by atoms with Crippen LogP contribution in [0.5, 0.6) is 5.75 Å². The van der Waals surface area contributed by atoms with E-state index in [0.717, 1.165) is 11.1 Å². The third-order valence-corrected chi connectivity index (χ3v) is 5.37. The van der Waals surface area contributed by atoms with Gasteiger partial charge in [-0.2, -0.15) is 0 Å². The van der Waals surface area contributed by atoms with Crippen molar-refractivity contribution in [2.24, 2.45) is 0 Å². The Bertz CT molecular complexity index is 879. The van der Waals surface area contributed by atoms with Crippen LogP contribution >= 0.6 is 0 Å². The molecule has 0 aromatic heterocycles. The van der Waals surface area contributed by atoms with Crippen LogP contribution in [-0.4, -0.2) is 35.1 Å². The summed E-state index contributed by atoms with van der Waals surface area (Å²) in [5.74, 6) is -0.200. The molecule has 7 nitrogen and oxygen atoms in total. The minimum atomic E-state index is -3.74. The lowest BCUT2D eigenvalue weighted by molar-refractivity contribution is 0.0950. The summed E-state index contributed by atoms with van der Waals surface area (Å²) < 4.78 is 36.9. The molecule has 0 atom stereocenters. The lowest BCUT2D eigenvalue weighted by atomic mass is 10.1. The Kier molecular flexibility index (Phi) is 7.35. The van der Waals surface area contributed by atoms with Gasteiger partial charge in [0.15, 0.2) is 0 Å². The van der Waals surface area contributed by atoms with E-state index in [1.165, 1.54) is 32.4 Å². The Balaban J connectivity index is 2.09. The second-order valence-electron chi connectivity index (χ2n) is 5.71. The van der Waals surface area contributed by atoms with Crippen LogP contribution in [0.15, 0.2) is 47.4 Å². The number of carbonyl (C=O) groups excluding carboxylic acids is 1. The minimum Gasteiger partial charge on any atom is -0.495 e. The number of carbonyl (C=O) groups is 1. The van der Waals surface area contributed by atoms with Crippen LogP contribution in [0.4, 0.5) is 0 Å². The van der Waals surface area contributed by atoms with Crippen molar-refractivity contribution in [3.63, 3.8) is 0 Å². The molecule has 146 valence electrons. The summed E-state index contributed by atoms with van der Waals surface area (Å²) in [5.41, 5.74) is 2.22. The molecule has 2 aromatic rings. The van der Waals surface area contributed by atoms with Gasteiger partial charge in [0.2, 0.25) is 10.0 Å². The van der Waals surface area contributed by atoms with Crippen LogP contribution in [0.25, 0.3) is 0 Å². The average Bonchev–Trinajstić information content (AvgIpc) is 2.70. The molecule has 0 radical (unpaired) electrons. The summed E-state index contributed by atoms with van der Waals surface area (Å²) in [6, 6.07) is 12.0. The number of benzene rings is 2. The fourth-order valence-corrected chi connectivity index (χ4v) is 3.31. The third-order valence-electron chi connectivity index (χ3n) is 3.93. The highest BCUT2D eigenvalue weighted by Gasteiger charge is 2.20. The van der Waals surface area contributed by atoms with Crippen LogP contribution in [0, 0.1) is 0 Å². The van der Waals surface area contributed by atoms with E-state index in [4.69, 9.17) is 9.47 Å². The minimum absolute atomic E-state index is 0.0829. The fraction of sp³-hybridized carbons (Fsp3) is 0.316. The van der Waals surface area contributed by atoms with E-state index in [0.29, 0.717) is 19.8 Å². The molecule has 8 heteroatoms. The monoisotopic (exact) mass is 392 g/mol. The SMILES string of the molecule is CCOCc1ccc(CNC(=O)c2ccc(OC)c(S(=O)(=O)NC)c2)cc1. The number of sulfonamides is 1. The molecule has 0 spiro atoms. The molecule has 2 rings (SSSR count). The van der Waals surface area contributed by atoms with Gasteiger partial charge in [0.25, 0.3) is 5.91 Å². The predicted octanol–water partition coefficient (Wildman–Crippen LogP) is 2.07. The van der Waals surface area contributed by atoms with Gasteiger partial charge in [0, 0.05) is 18.7 Å². The molecule has 0 aliphatic rings. The molecular weight excluding hydrogens is 368 g/mol. The first kappa shape index (κ1) is 20.9. The maximum Gasteiger partial charge on any atom is 0.251 e. The van der Waals surface area contributed by atoms with Gasteiger partial charge < -0.3 is 14.8 Å². The zero-order valence-corrected chi connectivity index (χ0v) is 16.4. The first-order chi connectivity index (χ1) is 12.9. The Hall–Kier alpha value is -2.42. The number of rotatable bonds is 9. The largest absolute Gasteiger partial charge is 0.495 e. The third kappa shape index (κ3) is 5.53. The molecule has 0 fully saturated rings. The van der Waals surface area contributed by atoms with Crippen molar-refractivity contribution in [1.29, 1.82) is 0 Å². The lowest BCUT2D eigenvalue weighted by Gasteiger charge is -2.11. The second kappa shape index (κ2) is 9.50. The van der Waals surface area contributed by atoms with Crippen molar-refractivity contribution in [3.05, 3.63) is 59.2 Å². The molecular formula is C19H24N2O5S. The van der Waals surface area contributed by atoms with Gasteiger partial charge in [-0.25, -0.2) is 13.1 Å². The van der Waals surface area contributed by atoms with Crippen molar-refractivity contribution >= 4 is 15.9 Å². The normalized spacial score (nSPS) is 11.2. The zero-order chi connectivity index (χ0) is 19.9. The highest BCUT2D eigenvalue weighted by molar-refractivity contribution is 7.89. The molecule has 1 amide bonds. The molecule has 0 aliphatic carbocycles. The van der Waals surface area contributed by atoms with E-state index < -0.39 is 10.0 Å². The second-order valence-corrected chi connectivity index (χ2v) is 7.56. The number of nitrogens with one attached hydrogen (secondary N) is 2. The lowest BCUT2D eigenvalue weighted by Crippen LogP contribution is -2.24. The first-order valence-electron chi connectivity index (χ1n) is 8.46. The number of hydrogen-bond acceptors (Lipinski definition) is 5. The van der Waals surface area contributed by atoms with Crippen molar-refractivity contribution in [3.8, 4) is 5.75 Å². The predicted molar refractivity (Wildman–Crippen MR) is 102 cm³/mol. The van der Waals surface area contributed by atoms with Gasteiger partial charge in [0.05, 0.1) is 13.7 Å². The van der Waals surface area contributed by atoms with E-state index in [-0.39, 0.29) is 22.1 Å². The molecule has 27 heavy (non-hydrogen) atoms. The van der Waals surface area contributed by atoms with Crippen LogP contribution in [-0.2, 0) is 27.9 Å². The van der Waals surface area contributed by atoms with Crippen molar-refractivity contribution < 1.29 is 22.7 Å². The summed E-state index contributed by atoms with van der Waals surface area (Å²) in [4.78, 5) is 12.3. The summed E-state index contributed by atoms with van der Waals surface area (Å²) in [7, 11) is -1.07. The Morgan fingerprint density at radius 2 is 1.74 bits per heavy atom. The van der Waals surface area contributed by atoms with Gasteiger partial charge in [-0.1, -0.05) is 24.3 Å². The summed E-state index contributed by atoms with van der Waals surface area (Å²) >= 11 is 0. The van der Waals surface area contributed by atoms with E-state index in [9.17, 15) is 13.2 Å². The molecule has 0 unspecified atom stereocenters. The zero-order valence-electron chi connectivity index (χ0n) is 15.6. The Morgan fingerprint density at radius 1 is 1.07 bits per heavy atom. The maximum atomic E-state index is 12.4. The molecule has 2 aromatic carbocycles. The number of amides is 1. The van der Waals surface area contributed by atoms with Crippen LogP contribution in [0.2, 0.25) is 0 Å². The smallest absolute Gasteiger partial charge is 0.251 e. The van der Waals surface area contributed by atoms with E-state index >= 15 is 0 Å². The molecule has 2 N–H and O–H groups in total. The molecule has 0 heterocycles. The van der Waals surface area contributed by atoms with E-state index in [1.807, 2.05) is 31.2 Å². The van der Waals surface area contributed by atoms with Crippen LogP contribution in [0.1, 0.15) is 28.4 Å². The van der Waals surface area contributed by atoms with E-state index in [2.05, 4.69) is 10.0 Å². The quantitative estimate of drug-likeness (QED) is 0.681. The van der Waals surface area contributed by atoms with Crippen molar-refractivity contribution in [2.45, 2.75) is 25.0 Å². The topological polar surface area (TPSA) is 93.7 Å². The molecule has 0 aliphatic heterocycles. The van der Waals surface area contributed by atoms with Crippen LogP contribution < -0.4 is 14.8 Å². The van der Waals surface area contributed by atoms with Gasteiger partial charge in [0.1, 0.15) is 10.6 Å². The molecule has 0 saturated carbocycles. The van der Waals surface area contributed by atoms with Crippen molar-refractivity contribution in [2.75, 3.05) is 20.8 Å². The standard InChI is InChI=1S/C19H24N2O5S/c1-4-26-13-15-7-5-14(6-8-15)12-21-19(22)16-9-10-17(25-3)18(11-16)27(23,24)20-2/h5-11,20H,4,12-13H2,1-3H3,(H,21,22). The fourth-order valence-electron chi connectivity index (χ4n) is 2.40. The first-order valence-corrected chi connectivity index (χ1v) is 9.95. The summed E-state index contributed by atoms with van der Waals surface area (Å²) in [6.07, 6.45) is 0. The maximum absolute atomic E-state index is 12.4. The van der Waals surface area contributed by atoms with Crippen LogP contribution in [0.3, 0.4) is 0 Å². The average molecular weight is 392 g/mol. The highest BCUT2D eigenvalue weighted by Crippen LogP contribution is 2.24. The van der Waals surface area contributed by atoms with Crippen molar-refractivity contribution in [1.82, 2.24) is 10.0 Å². The summed E-state index contributed by atoms with van der Waals surface area (Å²) in [5, 5.41) is 2.79. The number of hydrogen-bond donors (Lipinski definition) is 2. The Morgan fingerprint density at radius 3 is 2.33 bits per heavy atom. The molecule has 0 saturated heterocycles. The van der Waals surface area contributed by atoms with Gasteiger partial charge in [-0.3, -0.25) is 4.79 Å². The Labute approximate surface area is 159 Å². The van der Waals surface area contributed by atoms with Gasteiger partial charge in [-0.05, 0) is 43.3 Å². The number of ether oxygens (including phenoxy) is 2. The van der Waals surface area contributed by atoms with Gasteiger partial charge in [-0.15, -0.1) is 0 Å². The van der Waals surface area contributed by atoms with E-state index in [1.54, 1.807) is 0 Å². The highest BCUT2D eigenvalue weighted by atomic mass is 32.2. The van der Waals surface area contributed by atoms with Gasteiger partial charge >= 0.3 is 0 Å². The molecule has 0 bridgehead atoms. The number of methoxy groups -OCH3 is 1.